The molecule has 0 bridgehead atoms. The number of anilines is 1. The zero-order valence-electron chi connectivity index (χ0n) is 9.82. The van der Waals surface area contributed by atoms with Gasteiger partial charge in [0.05, 0.1) is 7.11 Å². The lowest BCUT2D eigenvalue weighted by atomic mass is 10.2. The third-order valence-electron chi connectivity index (χ3n) is 2.22. The molecule has 0 unspecified atom stereocenters. The first kappa shape index (κ1) is 13.4. The van der Waals surface area contributed by atoms with E-state index in [-0.39, 0.29) is 29.4 Å². The predicted octanol–water partition coefficient (Wildman–Crippen LogP) is 2.42. The van der Waals surface area contributed by atoms with Gasteiger partial charge in [0, 0.05) is 18.2 Å². The van der Waals surface area contributed by atoms with Gasteiger partial charge in [-0.1, -0.05) is 6.07 Å². The smallest absolute Gasteiger partial charge is 0.322 e. The average Bonchev–Trinajstić information content (AvgIpc) is 2.37. The van der Waals surface area contributed by atoms with Crippen LogP contribution in [0.25, 0.3) is 0 Å². The van der Waals surface area contributed by atoms with Gasteiger partial charge in [-0.15, -0.1) is 0 Å². The molecule has 0 atom stereocenters. The third-order valence-corrected chi connectivity index (χ3v) is 2.39. The Kier molecular flexibility index (Phi) is 4.06. The summed E-state index contributed by atoms with van der Waals surface area (Å²) in [4.78, 5) is 11.4. The summed E-state index contributed by atoms with van der Waals surface area (Å²) in [5.41, 5.74) is 0.275. The summed E-state index contributed by atoms with van der Waals surface area (Å²) in [6, 6.07) is 3.35. The molecular formula is C11H9ClF2N4O. The van der Waals surface area contributed by atoms with E-state index in [1.807, 2.05) is 0 Å². The molecule has 5 nitrogen and oxygen atoms in total. The number of benzene rings is 1. The average molecular weight is 287 g/mol. The largest absolute Gasteiger partial charge is 0.467 e. The number of nitrogens with zero attached hydrogens (tertiary/aromatic N) is 3. The van der Waals surface area contributed by atoms with E-state index in [1.54, 1.807) is 0 Å². The number of methoxy groups -OCH3 is 1. The molecule has 1 N–H and O–H groups in total. The van der Waals surface area contributed by atoms with E-state index in [4.69, 9.17) is 16.3 Å². The van der Waals surface area contributed by atoms with E-state index in [0.717, 1.165) is 6.07 Å². The van der Waals surface area contributed by atoms with Crippen molar-refractivity contribution in [3.63, 3.8) is 0 Å². The van der Waals surface area contributed by atoms with Crippen molar-refractivity contribution < 1.29 is 13.5 Å². The van der Waals surface area contributed by atoms with Gasteiger partial charge in [-0.25, -0.2) is 8.78 Å². The Morgan fingerprint density at radius 3 is 2.74 bits per heavy atom. The molecule has 0 aliphatic carbocycles. The Morgan fingerprint density at radius 1 is 1.26 bits per heavy atom. The highest BCUT2D eigenvalue weighted by Gasteiger charge is 2.07. The van der Waals surface area contributed by atoms with Crippen molar-refractivity contribution in [2.45, 2.75) is 6.54 Å². The fourth-order valence-electron chi connectivity index (χ4n) is 1.34. The van der Waals surface area contributed by atoms with E-state index in [1.165, 1.54) is 19.2 Å². The van der Waals surface area contributed by atoms with Crippen molar-refractivity contribution in [1.82, 2.24) is 15.0 Å². The minimum Gasteiger partial charge on any atom is -0.467 e. The Bertz CT molecular complexity index is 597. The molecule has 0 fully saturated rings. The van der Waals surface area contributed by atoms with E-state index >= 15 is 0 Å². The molecule has 8 heteroatoms. The molecular weight excluding hydrogens is 278 g/mol. The van der Waals surface area contributed by atoms with Crippen molar-refractivity contribution in [1.29, 1.82) is 0 Å². The summed E-state index contributed by atoms with van der Waals surface area (Å²) in [5.74, 6) is -1.15. The lowest BCUT2D eigenvalue weighted by Crippen LogP contribution is -2.07. The van der Waals surface area contributed by atoms with Crippen LogP contribution in [0.5, 0.6) is 6.01 Å². The van der Waals surface area contributed by atoms with Crippen molar-refractivity contribution >= 4 is 17.5 Å². The Hall–Kier alpha value is -2.02. The van der Waals surface area contributed by atoms with Crippen molar-refractivity contribution in [2.75, 3.05) is 12.4 Å². The molecule has 0 radical (unpaired) electrons. The van der Waals surface area contributed by atoms with Gasteiger partial charge >= 0.3 is 6.01 Å². The number of nitrogens with one attached hydrogen (secondary N) is 1. The van der Waals surface area contributed by atoms with Gasteiger partial charge in [0.25, 0.3) is 0 Å². The van der Waals surface area contributed by atoms with E-state index in [0.29, 0.717) is 0 Å². The number of hydrogen-bond donors (Lipinski definition) is 1. The number of ether oxygens (including phenoxy) is 1. The maximum Gasteiger partial charge on any atom is 0.322 e. The molecule has 0 amide bonds. The molecule has 0 aliphatic rings. The van der Waals surface area contributed by atoms with Crippen LogP contribution in [0.4, 0.5) is 14.7 Å². The summed E-state index contributed by atoms with van der Waals surface area (Å²) >= 11 is 5.66. The summed E-state index contributed by atoms with van der Waals surface area (Å²) in [6.45, 7) is 0.0790. The second-order valence-electron chi connectivity index (χ2n) is 3.50. The first-order valence-electron chi connectivity index (χ1n) is 5.22. The van der Waals surface area contributed by atoms with E-state index in [2.05, 4.69) is 20.3 Å². The van der Waals surface area contributed by atoms with Crippen LogP contribution in [-0.2, 0) is 6.54 Å². The quantitative estimate of drug-likeness (QED) is 0.935. The highest BCUT2D eigenvalue weighted by atomic mass is 35.5. The second-order valence-corrected chi connectivity index (χ2v) is 3.84. The van der Waals surface area contributed by atoms with Crippen LogP contribution in [-0.4, -0.2) is 22.1 Å². The van der Waals surface area contributed by atoms with Crippen LogP contribution in [0.2, 0.25) is 5.28 Å². The fraction of sp³-hybridized carbons (Fsp3) is 0.182. The van der Waals surface area contributed by atoms with Crippen LogP contribution in [0.3, 0.4) is 0 Å². The number of hydrogen-bond acceptors (Lipinski definition) is 5. The summed E-state index contributed by atoms with van der Waals surface area (Å²) in [5, 5.41) is 2.70. The van der Waals surface area contributed by atoms with E-state index in [9.17, 15) is 8.78 Å². The first-order valence-corrected chi connectivity index (χ1v) is 5.59. The zero-order chi connectivity index (χ0) is 13.8. The molecule has 0 saturated carbocycles. The van der Waals surface area contributed by atoms with Crippen molar-refractivity contribution in [2.24, 2.45) is 0 Å². The highest BCUT2D eigenvalue weighted by molar-refractivity contribution is 6.28. The molecule has 1 heterocycles. The maximum absolute atomic E-state index is 13.4. The van der Waals surface area contributed by atoms with Crippen molar-refractivity contribution in [3.05, 3.63) is 40.7 Å². The van der Waals surface area contributed by atoms with Crippen LogP contribution in [0, 0.1) is 11.6 Å². The van der Waals surface area contributed by atoms with E-state index < -0.39 is 11.6 Å². The molecule has 0 spiro atoms. The predicted molar refractivity (Wildman–Crippen MR) is 65.1 cm³/mol. The molecule has 2 rings (SSSR count). The van der Waals surface area contributed by atoms with Crippen LogP contribution < -0.4 is 10.1 Å². The standard InChI is InChI=1S/C11H9ClF2N4O/c1-19-11-17-9(12)16-10(18-11)15-5-6-2-3-7(13)4-8(6)14/h2-4H,5H2,1H3,(H,15,16,17,18). The van der Waals surface area contributed by atoms with Crippen LogP contribution in [0.1, 0.15) is 5.56 Å². The number of halogens is 3. The maximum atomic E-state index is 13.4. The molecule has 1 aromatic heterocycles. The Morgan fingerprint density at radius 2 is 2.05 bits per heavy atom. The van der Waals surface area contributed by atoms with Gasteiger partial charge in [-0.05, 0) is 17.7 Å². The molecule has 0 saturated heterocycles. The molecule has 100 valence electrons. The second kappa shape index (κ2) is 5.75. The molecule has 19 heavy (non-hydrogen) atoms. The summed E-state index contributed by atoms with van der Waals surface area (Å²) in [6.07, 6.45) is 0. The molecule has 0 aliphatic heterocycles. The monoisotopic (exact) mass is 286 g/mol. The lowest BCUT2D eigenvalue weighted by Gasteiger charge is -2.07. The number of aromatic nitrogens is 3. The third kappa shape index (κ3) is 3.47. The van der Waals surface area contributed by atoms with Gasteiger partial charge in [0.15, 0.2) is 0 Å². The van der Waals surface area contributed by atoms with Gasteiger partial charge in [0.2, 0.25) is 11.2 Å². The normalized spacial score (nSPS) is 10.3. The lowest BCUT2D eigenvalue weighted by molar-refractivity contribution is 0.379. The van der Waals surface area contributed by atoms with Gasteiger partial charge in [-0.2, -0.15) is 15.0 Å². The summed E-state index contributed by atoms with van der Waals surface area (Å²) < 4.78 is 30.9. The fourth-order valence-corrected chi connectivity index (χ4v) is 1.49. The topological polar surface area (TPSA) is 59.9 Å². The minimum absolute atomic E-state index is 0.0436. The molecule has 1 aromatic carbocycles. The summed E-state index contributed by atoms with van der Waals surface area (Å²) in [7, 11) is 1.38. The first-order chi connectivity index (χ1) is 9.08. The highest BCUT2D eigenvalue weighted by Crippen LogP contribution is 2.14. The van der Waals surface area contributed by atoms with Crippen LogP contribution in [0.15, 0.2) is 18.2 Å². The van der Waals surface area contributed by atoms with Crippen LogP contribution >= 0.6 is 11.6 Å². The minimum atomic E-state index is -0.653. The SMILES string of the molecule is COc1nc(Cl)nc(NCc2ccc(F)cc2F)n1. The van der Waals surface area contributed by atoms with Gasteiger partial charge in [-0.3, -0.25) is 0 Å². The van der Waals surface area contributed by atoms with Gasteiger partial charge in [0.1, 0.15) is 11.6 Å². The Labute approximate surface area is 112 Å². The Balaban J connectivity index is 2.12. The zero-order valence-corrected chi connectivity index (χ0v) is 10.6. The molecule has 2 aromatic rings. The number of rotatable bonds is 4. The van der Waals surface area contributed by atoms with Gasteiger partial charge < -0.3 is 10.1 Å². The van der Waals surface area contributed by atoms with Crippen molar-refractivity contribution in [3.8, 4) is 6.01 Å².